The van der Waals surface area contributed by atoms with Gasteiger partial charge in [0.1, 0.15) is 5.82 Å². The smallest absolute Gasteiger partial charge is 0.251 e. The van der Waals surface area contributed by atoms with E-state index >= 15 is 0 Å². The van der Waals surface area contributed by atoms with Crippen molar-refractivity contribution in [2.45, 2.75) is 50.6 Å². The van der Waals surface area contributed by atoms with Gasteiger partial charge in [-0.25, -0.2) is 9.97 Å². The van der Waals surface area contributed by atoms with Gasteiger partial charge in [0.25, 0.3) is 5.91 Å². The number of pyridine rings is 1. The monoisotopic (exact) mass is 504 g/mol. The van der Waals surface area contributed by atoms with Crippen molar-refractivity contribution in [1.82, 2.24) is 25.2 Å². The number of piperazine rings is 1. The zero-order valence-corrected chi connectivity index (χ0v) is 22.5. The van der Waals surface area contributed by atoms with E-state index in [1.807, 2.05) is 42.5 Å². The number of thioether (sulfide) groups is 1. The molecule has 1 fully saturated rings. The molecule has 1 saturated heterocycles. The second-order valence-electron chi connectivity index (χ2n) is 10.1. The fourth-order valence-electron chi connectivity index (χ4n) is 4.04. The second-order valence-corrected chi connectivity index (χ2v) is 11.0. The van der Waals surface area contributed by atoms with Crippen LogP contribution in [0.15, 0.2) is 59.9 Å². The predicted octanol–water partition coefficient (Wildman–Crippen LogP) is 4.53. The maximum absolute atomic E-state index is 12.7. The molecule has 1 aromatic carbocycles. The molecular weight excluding hydrogens is 468 g/mol. The molecule has 3 aromatic rings. The van der Waals surface area contributed by atoms with Crippen LogP contribution in [0.25, 0.3) is 0 Å². The molecule has 0 atom stereocenters. The molecule has 0 aliphatic carbocycles. The molecule has 190 valence electrons. The summed E-state index contributed by atoms with van der Waals surface area (Å²) in [6.07, 6.45) is 1.73. The fourth-order valence-corrected chi connectivity index (χ4v) is 4.84. The van der Waals surface area contributed by atoms with E-state index in [1.165, 1.54) is 0 Å². The highest BCUT2D eigenvalue weighted by molar-refractivity contribution is 7.98. The normalized spacial score (nSPS) is 14.6. The summed E-state index contributed by atoms with van der Waals surface area (Å²) in [5.74, 6) is 1.60. The number of likely N-dealkylation sites (N-methyl/N-ethyl adjacent to an activating group) is 1. The summed E-state index contributed by atoms with van der Waals surface area (Å²) in [5, 5.41) is 3.73. The summed E-state index contributed by atoms with van der Waals surface area (Å²) >= 11 is 1.62. The van der Waals surface area contributed by atoms with E-state index in [0.717, 1.165) is 60.6 Å². The van der Waals surface area contributed by atoms with Gasteiger partial charge in [0.2, 0.25) is 0 Å². The van der Waals surface area contributed by atoms with Crippen molar-refractivity contribution >= 4 is 23.5 Å². The number of amides is 1. The van der Waals surface area contributed by atoms with Crippen LogP contribution in [-0.4, -0.2) is 58.5 Å². The first-order chi connectivity index (χ1) is 17.3. The largest absolute Gasteiger partial charge is 0.354 e. The molecule has 2 aromatic heterocycles. The number of carbonyl (C=O) groups excluding carboxylic acids is 1. The SMILES string of the molecule is CCN1CCN(c2cc(C(C)(C)C)nc(SCc3cccc(C(=O)NCc4ccccn4)c3)n2)CC1. The number of anilines is 1. The minimum absolute atomic E-state index is 0.0656. The highest BCUT2D eigenvalue weighted by Gasteiger charge is 2.22. The summed E-state index contributed by atoms with van der Waals surface area (Å²) in [5.41, 5.74) is 3.52. The number of hydrogen-bond acceptors (Lipinski definition) is 7. The zero-order chi connectivity index (χ0) is 25.5. The van der Waals surface area contributed by atoms with Gasteiger partial charge < -0.3 is 15.1 Å². The number of nitrogens with zero attached hydrogens (tertiary/aromatic N) is 5. The van der Waals surface area contributed by atoms with Crippen LogP contribution >= 0.6 is 11.8 Å². The lowest BCUT2D eigenvalue weighted by molar-refractivity contribution is 0.0950. The van der Waals surface area contributed by atoms with E-state index in [0.29, 0.717) is 17.9 Å². The van der Waals surface area contributed by atoms with E-state index in [4.69, 9.17) is 9.97 Å². The third-order valence-electron chi connectivity index (χ3n) is 6.32. The number of rotatable bonds is 8. The Balaban J connectivity index is 1.44. The van der Waals surface area contributed by atoms with Gasteiger partial charge in [0.05, 0.1) is 17.9 Å². The van der Waals surface area contributed by atoms with E-state index in [-0.39, 0.29) is 11.3 Å². The Morgan fingerprint density at radius 2 is 1.83 bits per heavy atom. The Morgan fingerprint density at radius 1 is 1.03 bits per heavy atom. The third kappa shape index (κ3) is 7.04. The molecular formula is C28H36N6OS. The van der Waals surface area contributed by atoms with Crippen molar-refractivity contribution in [1.29, 1.82) is 0 Å². The number of hydrogen-bond donors (Lipinski definition) is 1. The molecule has 1 N–H and O–H groups in total. The quantitative estimate of drug-likeness (QED) is 0.357. The minimum Gasteiger partial charge on any atom is -0.354 e. The summed E-state index contributed by atoms with van der Waals surface area (Å²) in [7, 11) is 0. The maximum Gasteiger partial charge on any atom is 0.251 e. The van der Waals surface area contributed by atoms with Crippen molar-refractivity contribution < 1.29 is 4.79 Å². The Labute approximate surface area is 218 Å². The first-order valence-corrected chi connectivity index (χ1v) is 13.6. The van der Waals surface area contributed by atoms with Gasteiger partial charge in [-0.1, -0.05) is 57.7 Å². The number of nitrogens with one attached hydrogen (secondary N) is 1. The predicted molar refractivity (Wildman–Crippen MR) is 146 cm³/mol. The summed E-state index contributed by atoms with van der Waals surface area (Å²) in [4.78, 5) is 31.6. The fraction of sp³-hybridized carbons (Fsp3) is 0.429. The Bertz CT molecular complexity index is 1160. The molecule has 3 heterocycles. The van der Waals surface area contributed by atoms with Gasteiger partial charge in [0, 0.05) is 55.2 Å². The average molecular weight is 505 g/mol. The molecule has 4 rings (SSSR count). The molecule has 36 heavy (non-hydrogen) atoms. The topological polar surface area (TPSA) is 74.2 Å². The van der Waals surface area contributed by atoms with Crippen molar-refractivity contribution in [3.8, 4) is 0 Å². The summed E-state index contributed by atoms with van der Waals surface area (Å²) < 4.78 is 0. The molecule has 1 amide bonds. The number of benzene rings is 1. The van der Waals surface area contributed by atoms with Crippen LogP contribution in [-0.2, 0) is 17.7 Å². The molecule has 1 aliphatic rings. The van der Waals surface area contributed by atoms with Crippen LogP contribution in [0.2, 0.25) is 0 Å². The lowest BCUT2D eigenvalue weighted by atomic mass is 9.92. The Morgan fingerprint density at radius 3 is 2.53 bits per heavy atom. The Kier molecular flexibility index (Phi) is 8.59. The van der Waals surface area contributed by atoms with Crippen LogP contribution in [0.3, 0.4) is 0 Å². The van der Waals surface area contributed by atoms with Gasteiger partial charge in [-0.15, -0.1) is 0 Å². The van der Waals surface area contributed by atoms with Gasteiger partial charge in [-0.2, -0.15) is 0 Å². The van der Waals surface area contributed by atoms with E-state index in [9.17, 15) is 4.79 Å². The molecule has 7 nitrogen and oxygen atoms in total. The van der Waals surface area contributed by atoms with Gasteiger partial charge in [-0.3, -0.25) is 9.78 Å². The number of aromatic nitrogens is 3. The van der Waals surface area contributed by atoms with E-state index in [2.05, 4.69) is 53.9 Å². The third-order valence-corrected chi connectivity index (χ3v) is 7.24. The van der Waals surface area contributed by atoms with Crippen molar-refractivity contribution in [2.75, 3.05) is 37.6 Å². The van der Waals surface area contributed by atoms with Crippen LogP contribution < -0.4 is 10.2 Å². The first kappa shape index (κ1) is 26.1. The van der Waals surface area contributed by atoms with Gasteiger partial charge in [-0.05, 0) is 36.4 Å². The van der Waals surface area contributed by atoms with Crippen molar-refractivity contribution in [3.63, 3.8) is 0 Å². The van der Waals surface area contributed by atoms with Crippen LogP contribution in [0.5, 0.6) is 0 Å². The van der Waals surface area contributed by atoms with Crippen LogP contribution in [0.1, 0.15) is 55.0 Å². The minimum atomic E-state index is -0.105. The molecule has 0 bridgehead atoms. The number of carbonyl (C=O) groups is 1. The molecule has 0 saturated carbocycles. The van der Waals surface area contributed by atoms with Gasteiger partial charge in [0.15, 0.2) is 5.16 Å². The summed E-state index contributed by atoms with van der Waals surface area (Å²) in [6, 6.07) is 15.6. The van der Waals surface area contributed by atoms with Crippen molar-refractivity contribution in [3.05, 3.63) is 77.2 Å². The van der Waals surface area contributed by atoms with E-state index < -0.39 is 0 Å². The molecule has 1 aliphatic heterocycles. The zero-order valence-electron chi connectivity index (χ0n) is 21.7. The standard InChI is InChI=1S/C28H36N6OS/c1-5-33-13-15-34(16-14-33)25-18-24(28(2,3)4)31-27(32-25)36-20-21-9-8-10-22(17-21)26(35)30-19-23-11-6-7-12-29-23/h6-12,17-18H,5,13-16,19-20H2,1-4H3,(H,30,35). The van der Waals surface area contributed by atoms with E-state index in [1.54, 1.807) is 18.0 Å². The molecule has 0 unspecified atom stereocenters. The average Bonchev–Trinajstić information content (AvgIpc) is 2.90. The van der Waals surface area contributed by atoms with Gasteiger partial charge >= 0.3 is 0 Å². The molecule has 0 radical (unpaired) electrons. The maximum atomic E-state index is 12.7. The highest BCUT2D eigenvalue weighted by Crippen LogP contribution is 2.29. The molecule has 8 heteroatoms. The van der Waals surface area contributed by atoms with Crippen molar-refractivity contribution in [2.24, 2.45) is 0 Å². The van der Waals surface area contributed by atoms with Crippen LogP contribution in [0, 0.1) is 0 Å². The molecule has 0 spiro atoms. The Hall–Kier alpha value is -2.97. The lowest BCUT2D eigenvalue weighted by Gasteiger charge is -2.35. The lowest BCUT2D eigenvalue weighted by Crippen LogP contribution is -2.46. The highest BCUT2D eigenvalue weighted by atomic mass is 32.2. The summed E-state index contributed by atoms with van der Waals surface area (Å²) in [6.45, 7) is 14.4. The first-order valence-electron chi connectivity index (χ1n) is 12.6. The van der Waals surface area contributed by atoms with Crippen LogP contribution in [0.4, 0.5) is 5.82 Å². The second kappa shape index (κ2) is 11.8.